The van der Waals surface area contributed by atoms with Gasteiger partial charge in [-0.2, -0.15) is 0 Å². The molecule has 0 fully saturated rings. The number of fused-ring (bicyclic) bond motifs is 3. The number of benzene rings is 2. The lowest BCUT2D eigenvalue weighted by molar-refractivity contribution is -0.139. The van der Waals surface area contributed by atoms with Gasteiger partial charge in [0.2, 0.25) is 5.91 Å². The first kappa shape index (κ1) is 25.3. The third-order valence-electron chi connectivity index (χ3n) is 6.17. The minimum atomic E-state index is -0.918. The van der Waals surface area contributed by atoms with Gasteiger partial charge in [-0.3, -0.25) is 9.59 Å². The highest BCUT2D eigenvalue weighted by Gasteiger charge is 2.30. The van der Waals surface area contributed by atoms with Crippen LogP contribution in [0.5, 0.6) is 0 Å². The summed E-state index contributed by atoms with van der Waals surface area (Å²) in [4.78, 5) is 36.5. The van der Waals surface area contributed by atoms with E-state index in [4.69, 9.17) is 9.84 Å². The molecule has 1 aliphatic rings. The Morgan fingerprint density at radius 1 is 1.03 bits per heavy atom. The highest BCUT2D eigenvalue weighted by Crippen LogP contribution is 2.44. The average Bonchev–Trinajstić information content (AvgIpc) is 3.12. The predicted molar refractivity (Wildman–Crippen MR) is 131 cm³/mol. The average molecular weight is 467 g/mol. The van der Waals surface area contributed by atoms with Crippen molar-refractivity contribution in [2.45, 2.75) is 58.4 Å². The molecule has 34 heavy (non-hydrogen) atoms. The molecule has 0 saturated carbocycles. The van der Waals surface area contributed by atoms with Gasteiger partial charge in [-0.25, -0.2) is 4.79 Å². The second-order valence-corrected chi connectivity index (χ2v) is 9.62. The number of hydrogen-bond donors (Lipinski definition) is 3. The minimum absolute atomic E-state index is 0.0575. The third kappa shape index (κ3) is 6.37. The van der Waals surface area contributed by atoms with Gasteiger partial charge in [-0.15, -0.1) is 0 Å². The first-order chi connectivity index (χ1) is 16.2. The maximum Gasteiger partial charge on any atom is 0.407 e. The fraction of sp³-hybridized carbons (Fsp3) is 0.444. The first-order valence-electron chi connectivity index (χ1n) is 11.8. The van der Waals surface area contributed by atoms with E-state index in [9.17, 15) is 14.4 Å². The van der Waals surface area contributed by atoms with Crippen molar-refractivity contribution in [2.24, 2.45) is 5.41 Å². The predicted octanol–water partition coefficient (Wildman–Crippen LogP) is 4.70. The Hall–Kier alpha value is -3.35. The minimum Gasteiger partial charge on any atom is -0.481 e. The van der Waals surface area contributed by atoms with Crippen LogP contribution in [-0.4, -0.2) is 42.3 Å². The molecule has 7 heteroatoms. The maximum absolute atomic E-state index is 12.8. The number of alkyl carbamates (subject to hydrolysis) is 1. The molecule has 0 radical (unpaired) electrons. The number of hydrogen-bond acceptors (Lipinski definition) is 4. The molecule has 2 aromatic rings. The summed E-state index contributed by atoms with van der Waals surface area (Å²) in [5.74, 6) is -1.31. The summed E-state index contributed by atoms with van der Waals surface area (Å²) in [7, 11) is 0. The van der Waals surface area contributed by atoms with Crippen molar-refractivity contribution in [3.63, 3.8) is 0 Å². The van der Waals surface area contributed by atoms with Crippen LogP contribution in [0.2, 0.25) is 0 Å². The fourth-order valence-corrected chi connectivity index (χ4v) is 4.38. The van der Waals surface area contributed by atoms with Crippen LogP contribution in [0.25, 0.3) is 11.1 Å². The molecule has 182 valence electrons. The van der Waals surface area contributed by atoms with E-state index in [-0.39, 0.29) is 31.4 Å². The van der Waals surface area contributed by atoms with E-state index in [2.05, 4.69) is 34.9 Å². The second-order valence-electron chi connectivity index (χ2n) is 9.62. The van der Waals surface area contributed by atoms with E-state index < -0.39 is 23.5 Å². The van der Waals surface area contributed by atoms with Crippen LogP contribution in [0, 0.1) is 5.41 Å². The summed E-state index contributed by atoms with van der Waals surface area (Å²) in [5.41, 5.74) is 3.95. The molecule has 7 nitrogen and oxygen atoms in total. The molecular weight excluding hydrogens is 432 g/mol. The zero-order chi connectivity index (χ0) is 24.7. The highest BCUT2D eigenvalue weighted by molar-refractivity contribution is 5.85. The Morgan fingerprint density at radius 2 is 1.62 bits per heavy atom. The molecule has 0 spiro atoms. The lowest BCUT2D eigenvalue weighted by Crippen LogP contribution is -2.49. The van der Waals surface area contributed by atoms with E-state index >= 15 is 0 Å². The van der Waals surface area contributed by atoms with Crippen LogP contribution in [0.1, 0.15) is 63.5 Å². The Bertz CT molecular complexity index is 988. The SMILES string of the molecule is CCCC[C@H](NC(=O)OCC1c2ccccc2-c2ccccc21)C(=O)NCC(C)(C)CC(=O)O. The molecule has 0 saturated heterocycles. The maximum atomic E-state index is 12.8. The van der Waals surface area contributed by atoms with E-state index in [1.165, 1.54) is 0 Å². The number of carboxylic acids is 1. The molecule has 2 amide bonds. The van der Waals surface area contributed by atoms with Gasteiger partial charge in [0, 0.05) is 12.5 Å². The van der Waals surface area contributed by atoms with Crippen LogP contribution in [-0.2, 0) is 14.3 Å². The van der Waals surface area contributed by atoms with Crippen LogP contribution in [0.15, 0.2) is 48.5 Å². The summed E-state index contributed by atoms with van der Waals surface area (Å²) >= 11 is 0. The van der Waals surface area contributed by atoms with Gasteiger partial charge in [-0.1, -0.05) is 82.1 Å². The number of aliphatic carboxylic acids is 1. The van der Waals surface area contributed by atoms with Gasteiger partial charge < -0.3 is 20.5 Å². The van der Waals surface area contributed by atoms with Crippen LogP contribution in [0.3, 0.4) is 0 Å². The number of carboxylic acid groups (broad SMARTS) is 1. The topological polar surface area (TPSA) is 105 Å². The summed E-state index contributed by atoms with van der Waals surface area (Å²) in [6, 6.07) is 15.5. The molecule has 0 heterocycles. The van der Waals surface area contributed by atoms with Crippen LogP contribution >= 0.6 is 0 Å². The van der Waals surface area contributed by atoms with Crippen molar-refractivity contribution in [3.05, 3.63) is 59.7 Å². The van der Waals surface area contributed by atoms with E-state index in [1.807, 2.05) is 31.2 Å². The Morgan fingerprint density at radius 3 is 2.18 bits per heavy atom. The summed E-state index contributed by atoms with van der Waals surface area (Å²) in [5, 5.41) is 14.5. The normalized spacial score (nSPS) is 13.5. The van der Waals surface area contributed by atoms with Crippen molar-refractivity contribution in [3.8, 4) is 11.1 Å². The van der Waals surface area contributed by atoms with Crippen molar-refractivity contribution in [2.75, 3.05) is 13.2 Å². The fourth-order valence-electron chi connectivity index (χ4n) is 4.38. The standard InChI is InChI=1S/C27H34N2O5/c1-4-5-14-23(25(32)28-17-27(2,3)15-24(30)31)29-26(33)34-16-22-20-12-8-6-10-18(20)19-11-7-9-13-21(19)22/h6-13,22-23H,4-5,14-17H2,1-3H3,(H,28,32)(H,29,33)(H,30,31)/t23-/m0/s1. The van der Waals surface area contributed by atoms with Gasteiger partial charge in [0.05, 0.1) is 6.42 Å². The van der Waals surface area contributed by atoms with Gasteiger partial charge in [-0.05, 0) is 34.1 Å². The molecule has 0 bridgehead atoms. The molecule has 3 rings (SSSR count). The zero-order valence-electron chi connectivity index (χ0n) is 20.1. The van der Waals surface area contributed by atoms with E-state index in [0.717, 1.165) is 35.1 Å². The summed E-state index contributed by atoms with van der Waals surface area (Å²) < 4.78 is 5.59. The number of nitrogens with one attached hydrogen (secondary N) is 2. The number of carbonyl (C=O) groups is 3. The lowest BCUT2D eigenvalue weighted by Gasteiger charge is -2.25. The van der Waals surface area contributed by atoms with Crippen molar-refractivity contribution in [1.29, 1.82) is 0 Å². The van der Waals surface area contributed by atoms with Gasteiger partial charge in [0.25, 0.3) is 0 Å². The van der Waals surface area contributed by atoms with E-state index in [0.29, 0.717) is 6.42 Å². The first-order valence-corrected chi connectivity index (χ1v) is 11.8. The van der Waals surface area contributed by atoms with E-state index in [1.54, 1.807) is 13.8 Å². The molecule has 1 atom stereocenters. The number of amides is 2. The second kappa shape index (κ2) is 11.2. The lowest BCUT2D eigenvalue weighted by atomic mass is 9.89. The molecule has 0 aliphatic heterocycles. The molecule has 3 N–H and O–H groups in total. The van der Waals surface area contributed by atoms with Crippen molar-refractivity contribution < 1.29 is 24.2 Å². The smallest absolute Gasteiger partial charge is 0.407 e. The highest BCUT2D eigenvalue weighted by atomic mass is 16.5. The van der Waals surface area contributed by atoms with Crippen LogP contribution < -0.4 is 10.6 Å². The number of carbonyl (C=O) groups excluding carboxylic acids is 2. The van der Waals surface area contributed by atoms with Gasteiger partial charge >= 0.3 is 12.1 Å². The largest absolute Gasteiger partial charge is 0.481 e. The monoisotopic (exact) mass is 466 g/mol. The quantitative estimate of drug-likeness (QED) is 0.445. The number of rotatable bonds is 11. The van der Waals surface area contributed by atoms with Gasteiger partial charge in [0.1, 0.15) is 12.6 Å². The summed E-state index contributed by atoms with van der Waals surface area (Å²) in [6.45, 7) is 5.95. The van der Waals surface area contributed by atoms with Gasteiger partial charge in [0.15, 0.2) is 0 Å². The molecule has 1 aliphatic carbocycles. The molecule has 0 aromatic heterocycles. The Kier molecular flexibility index (Phi) is 8.31. The van der Waals surface area contributed by atoms with Crippen molar-refractivity contribution >= 4 is 18.0 Å². The zero-order valence-corrected chi connectivity index (χ0v) is 20.1. The Labute approximate surface area is 200 Å². The van der Waals surface area contributed by atoms with Crippen LogP contribution in [0.4, 0.5) is 4.79 Å². The van der Waals surface area contributed by atoms with Crippen molar-refractivity contribution in [1.82, 2.24) is 10.6 Å². The number of ether oxygens (including phenoxy) is 1. The third-order valence-corrected chi connectivity index (χ3v) is 6.17. The number of unbranched alkanes of at least 4 members (excludes halogenated alkanes) is 1. The Balaban J connectivity index is 1.61. The molecular formula is C27H34N2O5. The summed E-state index contributed by atoms with van der Waals surface area (Å²) in [6.07, 6.45) is 1.42. The molecule has 0 unspecified atom stereocenters. The molecule has 2 aromatic carbocycles.